The highest BCUT2D eigenvalue weighted by Crippen LogP contribution is 2.25. The molecule has 1 fully saturated rings. The van der Waals surface area contributed by atoms with E-state index < -0.39 is 18.1 Å². The number of alkyl halides is 3. The van der Waals surface area contributed by atoms with E-state index in [1.165, 1.54) is 0 Å². The smallest absolute Gasteiger partial charge is 0.321 e. The van der Waals surface area contributed by atoms with Crippen molar-refractivity contribution in [1.29, 1.82) is 0 Å². The van der Waals surface area contributed by atoms with Crippen LogP contribution in [0.15, 0.2) is 0 Å². The Morgan fingerprint density at radius 2 is 2.20 bits per heavy atom. The quantitative estimate of drug-likeness (QED) is 0.570. The summed E-state index contributed by atoms with van der Waals surface area (Å²) in [4.78, 5) is 11.8. The number of carbonyl (C=O) groups excluding carboxylic acids is 1. The Balaban J connectivity index is 2.73. The number of halogens is 3. The Morgan fingerprint density at radius 1 is 1.53 bits per heavy atom. The van der Waals surface area contributed by atoms with E-state index in [9.17, 15) is 18.0 Å². The predicted molar refractivity (Wildman–Crippen MR) is 48.9 cm³/mol. The molecule has 1 aliphatic rings. The molecule has 0 aromatic carbocycles. The van der Waals surface area contributed by atoms with Gasteiger partial charge in [-0.05, 0) is 12.8 Å². The van der Waals surface area contributed by atoms with E-state index in [0.717, 1.165) is 4.90 Å². The topological polar surface area (TPSA) is 20.3 Å². The summed E-state index contributed by atoms with van der Waals surface area (Å²) in [5.41, 5.74) is 0. The van der Waals surface area contributed by atoms with Gasteiger partial charge < -0.3 is 4.90 Å². The summed E-state index contributed by atoms with van der Waals surface area (Å²) in [6, 6.07) is -0.556. The fourth-order valence-electron chi connectivity index (χ4n) is 1.54. The molecule has 15 heavy (non-hydrogen) atoms. The molecular weight excluding hydrogens is 207 g/mol. The first-order valence-corrected chi connectivity index (χ1v) is 4.83. The molecule has 0 spiro atoms. The molecule has 0 N–H and O–H groups in total. The molecule has 0 aromatic rings. The maximum atomic E-state index is 12.2. The number of likely N-dealkylation sites (tertiary alicyclic amines) is 1. The molecule has 1 amide bonds. The van der Waals surface area contributed by atoms with Crippen LogP contribution in [0.3, 0.4) is 0 Å². The number of rotatable bonds is 0. The Kier molecular flexibility index (Phi) is 3.61. The van der Waals surface area contributed by atoms with E-state index >= 15 is 0 Å². The van der Waals surface area contributed by atoms with Gasteiger partial charge >= 0.3 is 12.1 Å². The van der Waals surface area contributed by atoms with Crippen LogP contribution >= 0.6 is 0 Å². The first-order valence-electron chi connectivity index (χ1n) is 4.83. The molecule has 1 saturated heterocycles. The number of hydrogen-bond donors (Lipinski definition) is 0. The zero-order valence-corrected chi connectivity index (χ0v) is 8.40. The molecule has 1 unspecified atom stereocenters. The third-order valence-electron chi connectivity index (χ3n) is 2.20. The van der Waals surface area contributed by atoms with Crippen LogP contribution in [0.1, 0.15) is 26.2 Å². The minimum Gasteiger partial charge on any atom is -0.321 e. The number of amides is 1. The van der Waals surface area contributed by atoms with Crippen LogP contribution in [0, 0.1) is 11.8 Å². The molecule has 1 atom stereocenters. The zero-order chi connectivity index (χ0) is 11.5. The third kappa shape index (κ3) is 2.88. The third-order valence-corrected chi connectivity index (χ3v) is 2.20. The van der Waals surface area contributed by atoms with E-state index in [1.807, 2.05) is 6.92 Å². The highest BCUT2D eigenvalue weighted by molar-refractivity contribution is 5.82. The molecule has 0 bridgehead atoms. The van der Waals surface area contributed by atoms with Crippen LogP contribution in [-0.4, -0.2) is 29.6 Å². The summed E-state index contributed by atoms with van der Waals surface area (Å²) in [5.74, 6) is 3.64. The molecule has 0 saturated carbocycles. The van der Waals surface area contributed by atoms with Crippen molar-refractivity contribution in [3.05, 3.63) is 0 Å². The van der Waals surface area contributed by atoms with Crippen molar-refractivity contribution in [3.8, 4) is 11.8 Å². The van der Waals surface area contributed by atoms with E-state index in [1.54, 1.807) is 0 Å². The van der Waals surface area contributed by atoms with Crippen molar-refractivity contribution in [2.45, 2.75) is 38.4 Å². The van der Waals surface area contributed by atoms with E-state index in [4.69, 9.17) is 0 Å². The van der Waals surface area contributed by atoms with Gasteiger partial charge in [-0.15, -0.1) is 5.92 Å². The fourth-order valence-corrected chi connectivity index (χ4v) is 1.54. The molecule has 1 aliphatic heterocycles. The summed E-state index contributed by atoms with van der Waals surface area (Å²) in [6.45, 7) is 1.97. The molecule has 2 nitrogen and oxygen atoms in total. The summed E-state index contributed by atoms with van der Waals surface area (Å²) in [6.07, 6.45) is -3.07. The fraction of sp³-hybridized carbons (Fsp3) is 0.700. The standard InChI is InChI=1S/C10H12F3NO/c1-2-3-5-8-6-4-7-14(8)9(15)10(11,12)13/h8H,2,4,6-7H2,1H3. The van der Waals surface area contributed by atoms with E-state index in [0.29, 0.717) is 19.3 Å². The summed E-state index contributed by atoms with van der Waals surface area (Å²) in [7, 11) is 0. The average molecular weight is 219 g/mol. The molecule has 0 aromatic heterocycles. The average Bonchev–Trinajstić information content (AvgIpc) is 2.59. The number of carbonyl (C=O) groups is 1. The van der Waals surface area contributed by atoms with Crippen LogP contribution in [-0.2, 0) is 4.79 Å². The first kappa shape index (κ1) is 11.9. The van der Waals surface area contributed by atoms with Crippen molar-refractivity contribution in [2.24, 2.45) is 0 Å². The molecule has 0 radical (unpaired) electrons. The second kappa shape index (κ2) is 4.56. The lowest BCUT2D eigenvalue weighted by atomic mass is 10.2. The number of hydrogen-bond acceptors (Lipinski definition) is 1. The zero-order valence-electron chi connectivity index (χ0n) is 8.40. The first-order chi connectivity index (χ1) is 6.96. The van der Waals surface area contributed by atoms with Gasteiger partial charge in [-0.25, -0.2) is 0 Å². The van der Waals surface area contributed by atoms with Crippen LogP contribution in [0.2, 0.25) is 0 Å². The summed E-state index contributed by atoms with van der Waals surface area (Å²) in [5, 5.41) is 0. The van der Waals surface area contributed by atoms with Crippen molar-refractivity contribution in [2.75, 3.05) is 6.54 Å². The summed E-state index contributed by atoms with van der Waals surface area (Å²) < 4.78 is 36.5. The van der Waals surface area contributed by atoms with E-state index in [2.05, 4.69) is 11.8 Å². The van der Waals surface area contributed by atoms with Gasteiger partial charge in [0.2, 0.25) is 0 Å². The minimum atomic E-state index is -4.78. The van der Waals surface area contributed by atoms with Gasteiger partial charge in [0, 0.05) is 13.0 Å². The Hall–Kier alpha value is -1.18. The van der Waals surface area contributed by atoms with Crippen LogP contribution in [0.5, 0.6) is 0 Å². The second-order valence-electron chi connectivity index (χ2n) is 3.33. The predicted octanol–water partition coefficient (Wildman–Crippen LogP) is 1.95. The molecule has 84 valence electrons. The summed E-state index contributed by atoms with van der Waals surface area (Å²) >= 11 is 0. The molecule has 5 heteroatoms. The highest BCUT2D eigenvalue weighted by atomic mass is 19.4. The van der Waals surface area contributed by atoms with E-state index in [-0.39, 0.29) is 6.54 Å². The largest absolute Gasteiger partial charge is 0.471 e. The molecular formula is C10H12F3NO. The van der Waals surface area contributed by atoms with Crippen molar-refractivity contribution >= 4 is 5.91 Å². The van der Waals surface area contributed by atoms with Crippen molar-refractivity contribution in [1.82, 2.24) is 4.90 Å². The lowest BCUT2D eigenvalue weighted by Gasteiger charge is -2.21. The van der Waals surface area contributed by atoms with Crippen molar-refractivity contribution in [3.63, 3.8) is 0 Å². The highest BCUT2D eigenvalue weighted by Gasteiger charge is 2.45. The van der Waals surface area contributed by atoms with Gasteiger partial charge in [-0.3, -0.25) is 4.79 Å². The van der Waals surface area contributed by atoms with Crippen LogP contribution in [0.25, 0.3) is 0 Å². The number of nitrogens with zero attached hydrogens (tertiary/aromatic N) is 1. The monoisotopic (exact) mass is 219 g/mol. The molecule has 0 aliphatic carbocycles. The maximum absolute atomic E-state index is 12.2. The maximum Gasteiger partial charge on any atom is 0.471 e. The second-order valence-corrected chi connectivity index (χ2v) is 3.33. The van der Waals surface area contributed by atoms with Gasteiger partial charge in [0.1, 0.15) is 0 Å². The van der Waals surface area contributed by atoms with Crippen molar-refractivity contribution < 1.29 is 18.0 Å². The molecule has 1 heterocycles. The normalized spacial score (nSPS) is 21.1. The van der Waals surface area contributed by atoms with Crippen LogP contribution < -0.4 is 0 Å². The SMILES string of the molecule is CCC#CC1CCCN1C(=O)C(F)(F)F. The van der Waals surface area contributed by atoms with Gasteiger partial charge in [0.15, 0.2) is 0 Å². The Labute approximate surface area is 86.4 Å². The Morgan fingerprint density at radius 3 is 2.73 bits per heavy atom. The van der Waals surface area contributed by atoms with Crippen LogP contribution in [0.4, 0.5) is 13.2 Å². The van der Waals surface area contributed by atoms with Gasteiger partial charge in [-0.2, -0.15) is 13.2 Å². The lowest BCUT2D eigenvalue weighted by Crippen LogP contribution is -2.43. The van der Waals surface area contributed by atoms with Gasteiger partial charge in [0.05, 0.1) is 6.04 Å². The van der Waals surface area contributed by atoms with Gasteiger partial charge in [-0.1, -0.05) is 12.8 Å². The lowest BCUT2D eigenvalue weighted by molar-refractivity contribution is -0.185. The Bertz CT molecular complexity index is 300. The minimum absolute atomic E-state index is 0.154. The van der Waals surface area contributed by atoms with Gasteiger partial charge in [0.25, 0.3) is 0 Å². The molecule has 1 rings (SSSR count).